The summed E-state index contributed by atoms with van der Waals surface area (Å²) in [5.74, 6) is 0.0255. The van der Waals surface area contributed by atoms with E-state index < -0.39 is 0 Å². The van der Waals surface area contributed by atoms with Crippen molar-refractivity contribution in [2.45, 2.75) is 67.0 Å². The molecule has 0 unspecified atom stereocenters. The molecule has 0 aromatic rings. The highest BCUT2D eigenvalue weighted by atomic mass is 16.5. The lowest BCUT2D eigenvalue weighted by Gasteiger charge is -2.30. The third kappa shape index (κ3) is 14.7. The topological polar surface area (TPSA) is 58.6 Å². The molecule has 0 bridgehead atoms. The molecule has 5 heteroatoms. The molecule has 19 heavy (non-hydrogen) atoms. The molecule has 116 valence electrons. The monoisotopic (exact) mass is 276 g/mol. The molecule has 0 aliphatic carbocycles. The lowest BCUT2D eigenvalue weighted by molar-refractivity contribution is -0.120. The molecular formula is C14H32N2O3. The fourth-order valence-electron chi connectivity index (χ4n) is 0.939. The zero-order valence-electron chi connectivity index (χ0n) is 13.2. The molecular weight excluding hydrogens is 244 g/mol. The van der Waals surface area contributed by atoms with Gasteiger partial charge in [-0.15, -0.1) is 0 Å². The van der Waals surface area contributed by atoms with E-state index in [0.717, 1.165) is 0 Å². The van der Waals surface area contributed by atoms with Crippen LogP contribution >= 0.6 is 0 Å². The zero-order chi connectivity index (χ0) is 15.1. The van der Waals surface area contributed by atoms with Gasteiger partial charge in [-0.25, -0.2) is 4.79 Å². The van der Waals surface area contributed by atoms with Crippen molar-refractivity contribution in [2.75, 3.05) is 14.2 Å². The van der Waals surface area contributed by atoms with Gasteiger partial charge in [0.05, 0.1) is 7.11 Å². The Morgan fingerprint density at radius 1 is 1.05 bits per heavy atom. The predicted octanol–water partition coefficient (Wildman–Crippen LogP) is 3.04. The van der Waals surface area contributed by atoms with Gasteiger partial charge in [0.2, 0.25) is 5.91 Å². The molecule has 1 N–H and O–H groups in total. The number of methoxy groups -OCH3 is 1. The number of hydrogen-bond donors (Lipinski definition) is 1. The first-order valence-electron chi connectivity index (χ1n) is 5.92. The highest BCUT2D eigenvalue weighted by Crippen LogP contribution is 2.10. The largest absolute Gasteiger partial charge is 0.453 e. The lowest BCUT2D eigenvalue weighted by Crippen LogP contribution is -2.42. The Kier molecular flexibility index (Phi) is 10.6. The number of carbonyl (C=O) groups is 2. The molecule has 0 aromatic heterocycles. The van der Waals surface area contributed by atoms with Gasteiger partial charge in [0.25, 0.3) is 0 Å². The highest BCUT2D eigenvalue weighted by molar-refractivity contribution is 5.73. The summed E-state index contributed by atoms with van der Waals surface area (Å²) < 4.78 is 4.53. The van der Waals surface area contributed by atoms with Crippen molar-refractivity contribution in [3.05, 3.63) is 0 Å². The molecule has 0 atom stereocenters. The second kappa shape index (κ2) is 8.77. The standard InChI is InChI=1S/C7H15NO2.C6H13NO.CH4/c1-7(2,3)8(4)6(9)10-5;1-5(8)7-6(2,3)4;/h1-5H3;1-4H3,(H,7,8);1H4. The van der Waals surface area contributed by atoms with Crippen molar-refractivity contribution in [2.24, 2.45) is 0 Å². The molecule has 0 aliphatic rings. The van der Waals surface area contributed by atoms with Gasteiger partial charge in [0.15, 0.2) is 0 Å². The Morgan fingerprint density at radius 2 is 1.42 bits per heavy atom. The van der Waals surface area contributed by atoms with Crippen LogP contribution in [-0.4, -0.2) is 42.1 Å². The van der Waals surface area contributed by atoms with Crippen LogP contribution in [0, 0.1) is 0 Å². The first-order chi connectivity index (χ1) is 7.81. The zero-order valence-corrected chi connectivity index (χ0v) is 13.2. The Morgan fingerprint density at radius 3 is 1.47 bits per heavy atom. The molecule has 0 radical (unpaired) electrons. The van der Waals surface area contributed by atoms with Crippen LogP contribution in [0.15, 0.2) is 0 Å². The van der Waals surface area contributed by atoms with Gasteiger partial charge in [-0.1, -0.05) is 7.43 Å². The van der Waals surface area contributed by atoms with Gasteiger partial charge in [0, 0.05) is 25.0 Å². The van der Waals surface area contributed by atoms with Gasteiger partial charge in [0.1, 0.15) is 0 Å². The number of amides is 2. The second-order valence-electron chi connectivity index (χ2n) is 6.13. The third-order valence-electron chi connectivity index (χ3n) is 2.01. The Balaban J connectivity index is -0.000000262. The number of nitrogens with one attached hydrogen (secondary N) is 1. The van der Waals surface area contributed by atoms with Crippen molar-refractivity contribution >= 4 is 12.0 Å². The van der Waals surface area contributed by atoms with E-state index in [1.165, 1.54) is 14.0 Å². The van der Waals surface area contributed by atoms with Gasteiger partial charge < -0.3 is 15.0 Å². The summed E-state index contributed by atoms with van der Waals surface area (Å²) in [5.41, 5.74) is -0.237. The SMILES string of the molecule is C.CC(=O)NC(C)(C)C.COC(=O)N(C)C(C)(C)C. The van der Waals surface area contributed by atoms with E-state index in [0.29, 0.717) is 0 Å². The minimum absolute atomic E-state index is 0. The Hall–Kier alpha value is -1.26. The quantitative estimate of drug-likeness (QED) is 0.740. The molecule has 0 saturated carbocycles. The van der Waals surface area contributed by atoms with Crippen LogP contribution in [-0.2, 0) is 9.53 Å². The van der Waals surface area contributed by atoms with Crippen LogP contribution in [0.25, 0.3) is 0 Å². The van der Waals surface area contributed by atoms with E-state index >= 15 is 0 Å². The Labute approximate surface area is 118 Å². The van der Waals surface area contributed by atoms with Crippen LogP contribution in [0.1, 0.15) is 55.9 Å². The van der Waals surface area contributed by atoms with E-state index in [-0.39, 0.29) is 30.5 Å². The van der Waals surface area contributed by atoms with Gasteiger partial charge >= 0.3 is 6.09 Å². The fourth-order valence-corrected chi connectivity index (χ4v) is 0.939. The number of rotatable bonds is 0. The van der Waals surface area contributed by atoms with E-state index in [4.69, 9.17) is 0 Å². The molecule has 0 aliphatic heterocycles. The molecule has 5 nitrogen and oxygen atoms in total. The number of carbonyl (C=O) groups excluding carboxylic acids is 2. The van der Waals surface area contributed by atoms with E-state index in [2.05, 4.69) is 10.1 Å². The summed E-state index contributed by atoms with van der Waals surface area (Å²) in [5, 5.41) is 2.74. The maximum absolute atomic E-state index is 10.9. The summed E-state index contributed by atoms with van der Waals surface area (Å²) in [7, 11) is 3.09. The van der Waals surface area contributed by atoms with E-state index in [9.17, 15) is 9.59 Å². The molecule has 0 fully saturated rings. The first kappa shape index (κ1) is 22.9. The average Bonchev–Trinajstić information content (AvgIpc) is 2.10. The van der Waals surface area contributed by atoms with Gasteiger partial charge in [-0.3, -0.25) is 4.79 Å². The minimum atomic E-state index is -0.299. The maximum atomic E-state index is 10.9. The molecule has 0 aromatic carbocycles. The van der Waals surface area contributed by atoms with Crippen LogP contribution < -0.4 is 5.32 Å². The smallest absolute Gasteiger partial charge is 0.409 e. The van der Waals surface area contributed by atoms with Gasteiger partial charge in [-0.05, 0) is 41.5 Å². The summed E-state index contributed by atoms with van der Waals surface area (Å²) >= 11 is 0. The van der Waals surface area contributed by atoms with Crippen LogP contribution in [0.3, 0.4) is 0 Å². The molecule has 0 spiro atoms. The maximum Gasteiger partial charge on any atom is 0.409 e. The molecule has 2 amide bonds. The third-order valence-corrected chi connectivity index (χ3v) is 2.01. The molecule has 0 heterocycles. The summed E-state index contributed by atoms with van der Waals surface area (Å²) in [6.07, 6.45) is -0.299. The summed E-state index contributed by atoms with van der Waals surface area (Å²) in [6.45, 7) is 13.2. The fraction of sp³-hybridized carbons (Fsp3) is 0.857. The van der Waals surface area contributed by atoms with Crippen LogP contribution in [0.5, 0.6) is 0 Å². The average molecular weight is 276 g/mol. The normalized spacial score (nSPS) is 10.4. The van der Waals surface area contributed by atoms with E-state index in [1.54, 1.807) is 11.9 Å². The minimum Gasteiger partial charge on any atom is -0.453 e. The Bertz CT molecular complexity index is 275. The van der Waals surface area contributed by atoms with Crippen molar-refractivity contribution < 1.29 is 14.3 Å². The number of nitrogens with zero attached hydrogens (tertiary/aromatic N) is 1. The first-order valence-corrected chi connectivity index (χ1v) is 5.92. The van der Waals surface area contributed by atoms with Crippen molar-refractivity contribution in [3.63, 3.8) is 0 Å². The van der Waals surface area contributed by atoms with Gasteiger partial charge in [-0.2, -0.15) is 0 Å². The summed E-state index contributed by atoms with van der Waals surface area (Å²) in [6, 6.07) is 0. The van der Waals surface area contributed by atoms with E-state index in [1.807, 2.05) is 41.5 Å². The van der Waals surface area contributed by atoms with Crippen molar-refractivity contribution in [1.82, 2.24) is 10.2 Å². The summed E-state index contributed by atoms with van der Waals surface area (Å²) in [4.78, 5) is 22.8. The van der Waals surface area contributed by atoms with Crippen molar-refractivity contribution in [1.29, 1.82) is 0 Å². The van der Waals surface area contributed by atoms with Crippen molar-refractivity contribution in [3.8, 4) is 0 Å². The lowest BCUT2D eigenvalue weighted by atomic mass is 10.1. The predicted molar refractivity (Wildman–Crippen MR) is 80.2 cm³/mol. The number of hydrogen-bond acceptors (Lipinski definition) is 3. The highest BCUT2D eigenvalue weighted by Gasteiger charge is 2.22. The molecule has 0 saturated heterocycles. The number of ether oxygens (including phenoxy) is 1. The second-order valence-corrected chi connectivity index (χ2v) is 6.13. The molecule has 0 rings (SSSR count). The van der Waals surface area contributed by atoms with Crippen LogP contribution in [0.2, 0.25) is 0 Å². The van der Waals surface area contributed by atoms with Crippen LogP contribution in [0.4, 0.5) is 4.79 Å².